The molecule has 0 bridgehead atoms. The van der Waals surface area contributed by atoms with Crippen LogP contribution in [0.5, 0.6) is 0 Å². The standard InChI is InChI=1S/C18H23F3O2S/c1-3-4-5-6-7-11-16-13-15-10-8-9-12-17(15)24(16,18(19,20)21)23-14(2)22/h8-10,12-13H,3-7,11H2,1-2H3. The van der Waals surface area contributed by atoms with Crippen LogP contribution in [0.3, 0.4) is 0 Å². The Morgan fingerprint density at radius 2 is 1.79 bits per heavy atom. The van der Waals surface area contributed by atoms with Crippen LogP contribution in [-0.4, -0.2) is 11.5 Å². The molecular formula is C18H23F3O2S. The van der Waals surface area contributed by atoms with Crippen LogP contribution in [-0.2, 0) is 8.98 Å². The molecule has 1 aliphatic rings. The Labute approximate surface area is 142 Å². The zero-order valence-electron chi connectivity index (χ0n) is 14.0. The molecular weight excluding hydrogens is 337 g/mol. The van der Waals surface area contributed by atoms with Crippen molar-refractivity contribution in [3.05, 3.63) is 34.7 Å². The van der Waals surface area contributed by atoms with Crippen LogP contribution < -0.4 is 0 Å². The van der Waals surface area contributed by atoms with Crippen molar-refractivity contribution in [1.29, 1.82) is 0 Å². The van der Waals surface area contributed by atoms with Crippen LogP contribution in [0.2, 0.25) is 0 Å². The molecule has 1 aromatic carbocycles. The lowest BCUT2D eigenvalue weighted by Crippen LogP contribution is -2.25. The van der Waals surface area contributed by atoms with Gasteiger partial charge in [0.05, 0.1) is 10.3 Å². The fourth-order valence-corrected chi connectivity index (χ4v) is 5.90. The van der Waals surface area contributed by atoms with Gasteiger partial charge < -0.3 is 4.18 Å². The molecule has 0 saturated carbocycles. The van der Waals surface area contributed by atoms with Gasteiger partial charge in [-0.05, 0) is 30.5 Å². The summed E-state index contributed by atoms with van der Waals surface area (Å²) in [7, 11) is -3.76. The van der Waals surface area contributed by atoms with E-state index in [2.05, 4.69) is 6.92 Å². The third kappa shape index (κ3) is 3.63. The minimum atomic E-state index is -4.61. The van der Waals surface area contributed by atoms with Crippen molar-refractivity contribution < 1.29 is 22.1 Å². The first kappa shape index (κ1) is 18.9. The first-order valence-electron chi connectivity index (χ1n) is 8.22. The van der Waals surface area contributed by atoms with Gasteiger partial charge in [0.15, 0.2) is 0 Å². The zero-order valence-corrected chi connectivity index (χ0v) is 14.8. The smallest absolute Gasteiger partial charge is 0.399 e. The van der Waals surface area contributed by atoms with E-state index in [0.717, 1.165) is 32.6 Å². The lowest BCUT2D eigenvalue weighted by atomic mass is 10.1. The Kier molecular flexibility index (Phi) is 6.01. The maximum atomic E-state index is 14.1. The summed E-state index contributed by atoms with van der Waals surface area (Å²) in [5, 5.41) is 0. The Hall–Kier alpha value is -1.43. The number of carbonyl (C=O) groups excluding carboxylic acids is 1. The molecule has 1 heterocycles. The molecule has 1 aromatic rings. The summed E-state index contributed by atoms with van der Waals surface area (Å²) in [6.07, 6.45) is 6.61. The average Bonchev–Trinajstić information content (AvgIpc) is 2.81. The van der Waals surface area contributed by atoms with Crippen LogP contribution >= 0.6 is 10.3 Å². The number of rotatable bonds is 7. The molecule has 0 radical (unpaired) electrons. The molecule has 0 fully saturated rings. The van der Waals surface area contributed by atoms with E-state index >= 15 is 0 Å². The summed E-state index contributed by atoms with van der Waals surface area (Å²) in [6.45, 7) is 3.13. The number of allylic oxidation sites excluding steroid dienone is 1. The van der Waals surface area contributed by atoms with Gasteiger partial charge in [-0.1, -0.05) is 50.8 Å². The molecule has 2 nitrogen and oxygen atoms in total. The van der Waals surface area contributed by atoms with Crippen molar-refractivity contribution in [3.8, 4) is 0 Å². The number of benzene rings is 1. The van der Waals surface area contributed by atoms with E-state index in [1.807, 2.05) is 0 Å². The molecule has 2 rings (SSSR count). The molecule has 0 aliphatic carbocycles. The molecule has 0 spiro atoms. The Morgan fingerprint density at radius 1 is 1.12 bits per heavy atom. The number of unbranched alkanes of at least 4 members (excludes halogenated alkanes) is 4. The van der Waals surface area contributed by atoms with Gasteiger partial charge in [-0.2, -0.15) is 13.2 Å². The topological polar surface area (TPSA) is 26.3 Å². The molecule has 1 aliphatic heterocycles. The third-order valence-electron chi connectivity index (χ3n) is 4.01. The predicted molar refractivity (Wildman–Crippen MR) is 91.5 cm³/mol. The van der Waals surface area contributed by atoms with E-state index in [9.17, 15) is 18.0 Å². The zero-order chi connectivity index (χ0) is 17.8. The van der Waals surface area contributed by atoms with Crippen molar-refractivity contribution in [2.45, 2.75) is 62.8 Å². The Balaban J connectivity index is 2.34. The number of fused-ring (bicyclic) bond motifs is 1. The van der Waals surface area contributed by atoms with Crippen molar-refractivity contribution in [2.75, 3.05) is 0 Å². The maximum Gasteiger partial charge on any atom is 0.464 e. The molecule has 6 heteroatoms. The van der Waals surface area contributed by atoms with Crippen molar-refractivity contribution >= 4 is 22.4 Å². The molecule has 0 aromatic heterocycles. The van der Waals surface area contributed by atoms with E-state index < -0.39 is 21.8 Å². The van der Waals surface area contributed by atoms with E-state index in [-0.39, 0.29) is 9.80 Å². The van der Waals surface area contributed by atoms with Crippen molar-refractivity contribution in [1.82, 2.24) is 0 Å². The quantitative estimate of drug-likeness (QED) is 0.515. The largest absolute Gasteiger partial charge is 0.464 e. The monoisotopic (exact) mass is 360 g/mol. The van der Waals surface area contributed by atoms with E-state index in [4.69, 9.17) is 4.18 Å². The van der Waals surface area contributed by atoms with E-state index in [1.54, 1.807) is 24.3 Å². The molecule has 1 unspecified atom stereocenters. The minimum Gasteiger partial charge on any atom is -0.399 e. The molecule has 0 amide bonds. The first-order valence-corrected chi connectivity index (χ1v) is 9.78. The minimum absolute atomic E-state index is 0.0938. The summed E-state index contributed by atoms with van der Waals surface area (Å²) in [5.74, 6) is -0.893. The SMILES string of the molecule is CCCCCCCC1=Cc2ccccc2S1(OC(C)=O)C(F)(F)F. The van der Waals surface area contributed by atoms with Gasteiger partial charge in [-0.15, -0.1) is 0 Å². The van der Waals surface area contributed by atoms with Gasteiger partial charge in [-0.25, -0.2) is 0 Å². The highest BCUT2D eigenvalue weighted by atomic mass is 32.3. The summed E-state index contributed by atoms with van der Waals surface area (Å²) >= 11 is 0. The second-order valence-electron chi connectivity index (χ2n) is 5.89. The first-order chi connectivity index (χ1) is 11.3. The number of alkyl halides is 3. The fraction of sp³-hybridized carbons (Fsp3) is 0.500. The second kappa shape index (κ2) is 7.64. The molecule has 24 heavy (non-hydrogen) atoms. The average molecular weight is 360 g/mol. The highest BCUT2D eigenvalue weighted by Gasteiger charge is 2.59. The number of hydrogen-bond acceptors (Lipinski definition) is 2. The number of carbonyl (C=O) groups is 1. The Morgan fingerprint density at radius 3 is 2.42 bits per heavy atom. The normalized spacial score (nSPS) is 22.5. The highest BCUT2D eigenvalue weighted by molar-refractivity contribution is 8.34. The van der Waals surface area contributed by atoms with Crippen molar-refractivity contribution in [3.63, 3.8) is 0 Å². The summed E-state index contributed by atoms with van der Waals surface area (Å²) in [4.78, 5) is 11.8. The Bertz CT molecular complexity index is 625. The van der Waals surface area contributed by atoms with Gasteiger partial charge >= 0.3 is 11.5 Å². The van der Waals surface area contributed by atoms with Crippen LogP contribution in [0.1, 0.15) is 57.9 Å². The number of hydrogen-bond donors (Lipinski definition) is 0. The predicted octanol–water partition coefficient (Wildman–Crippen LogP) is 6.56. The molecule has 0 saturated heterocycles. The molecule has 1 atom stereocenters. The van der Waals surface area contributed by atoms with Gasteiger partial charge in [0.25, 0.3) is 0 Å². The van der Waals surface area contributed by atoms with Crippen LogP contribution in [0.4, 0.5) is 13.2 Å². The van der Waals surface area contributed by atoms with Gasteiger partial charge in [0.2, 0.25) is 0 Å². The number of halogens is 3. The maximum absolute atomic E-state index is 14.1. The van der Waals surface area contributed by atoms with E-state index in [1.165, 1.54) is 6.07 Å². The summed E-state index contributed by atoms with van der Waals surface area (Å²) < 4.78 is 47.2. The molecule has 134 valence electrons. The van der Waals surface area contributed by atoms with E-state index in [0.29, 0.717) is 18.4 Å². The second-order valence-corrected chi connectivity index (χ2v) is 8.60. The molecule has 0 N–H and O–H groups in total. The van der Waals surface area contributed by atoms with Crippen molar-refractivity contribution in [2.24, 2.45) is 0 Å². The van der Waals surface area contributed by atoms with Crippen LogP contribution in [0, 0.1) is 0 Å². The van der Waals surface area contributed by atoms with Gasteiger partial charge in [-0.3, -0.25) is 4.79 Å². The van der Waals surface area contributed by atoms with Gasteiger partial charge in [0, 0.05) is 16.7 Å². The lowest BCUT2D eigenvalue weighted by molar-refractivity contribution is -0.132. The van der Waals surface area contributed by atoms with Crippen LogP contribution in [0.25, 0.3) is 6.08 Å². The highest BCUT2D eigenvalue weighted by Crippen LogP contribution is 2.77. The van der Waals surface area contributed by atoms with Gasteiger partial charge in [0.1, 0.15) is 0 Å². The fourth-order valence-electron chi connectivity index (χ4n) is 2.97. The third-order valence-corrected chi connectivity index (χ3v) is 7.20. The summed E-state index contributed by atoms with van der Waals surface area (Å²) in [5.41, 5.74) is -4.10. The van der Waals surface area contributed by atoms with Crippen LogP contribution in [0.15, 0.2) is 34.1 Å². The lowest BCUT2D eigenvalue weighted by Gasteiger charge is -2.39. The summed E-state index contributed by atoms with van der Waals surface area (Å²) in [6, 6.07) is 6.35.